The molecule has 2 N–H and O–H groups in total. The number of halogens is 1. The van der Waals surface area contributed by atoms with Crippen LogP contribution in [0.4, 0.5) is 0 Å². The third-order valence-corrected chi connectivity index (χ3v) is 4.85. The number of carbonyl (C=O) groups excluding carboxylic acids is 2. The summed E-state index contributed by atoms with van der Waals surface area (Å²) in [5.41, 5.74) is 6.16. The number of hydrazine groups is 1. The average Bonchev–Trinajstić information content (AvgIpc) is 2.71. The van der Waals surface area contributed by atoms with Crippen LogP contribution in [0.3, 0.4) is 0 Å². The summed E-state index contributed by atoms with van der Waals surface area (Å²) in [5.74, 6) is 0.966. The Balaban J connectivity index is 1.92. The van der Waals surface area contributed by atoms with Crippen LogP contribution in [0.25, 0.3) is 0 Å². The van der Waals surface area contributed by atoms with Gasteiger partial charge in [-0.3, -0.25) is 20.4 Å². The number of para-hydroxylation sites is 1. The first-order chi connectivity index (χ1) is 14.3. The van der Waals surface area contributed by atoms with Crippen molar-refractivity contribution in [2.45, 2.75) is 40.0 Å². The largest absolute Gasteiger partial charge is 0.493 e. The van der Waals surface area contributed by atoms with E-state index in [1.165, 1.54) is 0 Å². The van der Waals surface area contributed by atoms with Gasteiger partial charge in [0.05, 0.1) is 12.2 Å². The van der Waals surface area contributed by atoms with Gasteiger partial charge in [0.1, 0.15) is 11.5 Å². The fourth-order valence-corrected chi connectivity index (χ4v) is 3.03. The maximum atomic E-state index is 12.6. The van der Waals surface area contributed by atoms with Gasteiger partial charge in [-0.05, 0) is 48.1 Å². The summed E-state index contributed by atoms with van der Waals surface area (Å²) in [4.78, 5) is 24.7. The van der Waals surface area contributed by atoms with E-state index < -0.39 is 11.8 Å². The highest BCUT2D eigenvalue weighted by molar-refractivity contribution is 9.10. The van der Waals surface area contributed by atoms with Crippen molar-refractivity contribution in [3.63, 3.8) is 0 Å². The van der Waals surface area contributed by atoms with Crippen LogP contribution >= 0.6 is 15.9 Å². The Kier molecular flexibility index (Phi) is 9.17. The summed E-state index contributed by atoms with van der Waals surface area (Å²) in [6, 6.07) is 12.8. The second-order valence-corrected chi connectivity index (χ2v) is 8.57. The van der Waals surface area contributed by atoms with E-state index in [0.717, 1.165) is 16.5 Å². The fourth-order valence-electron chi connectivity index (χ4n) is 2.67. The van der Waals surface area contributed by atoms with Crippen molar-refractivity contribution in [3.05, 3.63) is 58.1 Å². The zero-order valence-electron chi connectivity index (χ0n) is 17.8. The van der Waals surface area contributed by atoms with Gasteiger partial charge in [-0.25, -0.2) is 0 Å². The molecule has 0 heterocycles. The van der Waals surface area contributed by atoms with E-state index >= 15 is 0 Å². The summed E-state index contributed by atoms with van der Waals surface area (Å²) in [6.45, 7) is 8.63. The first-order valence-corrected chi connectivity index (χ1v) is 10.8. The highest BCUT2D eigenvalue weighted by Crippen LogP contribution is 2.26. The number of ether oxygens (including phenoxy) is 2. The molecular weight excluding hydrogens is 448 g/mol. The van der Waals surface area contributed by atoms with E-state index in [4.69, 9.17) is 9.47 Å². The number of benzene rings is 2. The monoisotopic (exact) mass is 476 g/mol. The second-order valence-electron chi connectivity index (χ2n) is 7.65. The minimum atomic E-state index is -0.466. The Labute approximate surface area is 186 Å². The minimum absolute atomic E-state index is 0.208. The first kappa shape index (κ1) is 23.7. The van der Waals surface area contributed by atoms with Crippen LogP contribution < -0.4 is 20.3 Å². The molecule has 0 bridgehead atoms. The van der Waals surface area contributed by atoms with E-state index in [1.54, 1.807) is 18.2 Å². The van der Waals surface area contributed by atoms with E-state index in [9.17, 15) is 9.59 Å². The third kappa shape index (κ3) is 7.37. The molecule has 0 aliphatic rings. The maximum absolute atomic E-state index is 12.6. The SMILES string of the molecule is CC(C)CCOc1ccc(Br)cc1C(=O)NNC(=O)COc1ccccc1C(C)C. The number of amides is 2. The fraction of sp³-hybridized carbons (Fsp3) is 0.391. The molecule has 0 saturated heterocycles. The molecule has 6 nitrogen and oxygen atoms in total. The van der Waals surface area contributed by atoms with Crippen LogP contribution in [0, 0.1) is 5.92 Å². The summed E-state index contributed by atoms with van der Waals surface area (Å²) >= 11 is 3.36. The molecule has 7 heteroatoms. The highest BCUT2D eigenvalue weighted by Gasteiger charge is 2.15. The van der Waals surface area contributed by atoms with Gasteiger partial charge in [0.25, 0.3) is 11.8 Å². The van der Waals surface area contributed by atoms with Gasteiger partial charge in [0.15, 0.2) is 6.61 Å². The Bertz CT molecular complexity index is 868. The number of hydrogen-bond acceptors (Lipinski definition) is 4. The lowest BCUT2D eigenvalue weighted by molar-refractivity contribution is -0.123. The van der Waals surface area contributed by atoms with Gasteiger partial charge in [0.2, 0.25) is 0 Å². The number of nitrogens with one attached hydrogen (secondary N) is 2. The second kappa shape index (κ2) is 11.6. The predicted molar refractivity (Wildman–Crippen MR) is 121 cm³/mol. The van der Waals surface area contributed by atoms with E-state index in [2.05, 4.69) is 54.5 Å². The minimum Gasteiger partial charge on any atom is -0.493 e. The van der Waals surface area contributed by atoms with Crippen LogP contribution in [0.5, 0.6) is 11.5 Å². The van der Waals surface area contributed by atoms with Crippen molar-refractivity contribution >= 4 is 27.7 Å². The van der Waals surface area contributed by atoms with Gasteiger partial charge >= 0.3 is 0 Å². The topological polar surface area (TPSA) is 76.7 Å². The molecule has 30 heavy (non-hydrogen) atoms. The van der Waals surface area contributed by atoms with Crippen molar-refractivity contribution in [3.8, 4) is 11.5 Å². The molecule has 0 unspecified atom stereocenters. The molecule has 2 aromatic rings. The quantitative estimate of drug-likeness (QED) is 0.507. The van der Waals surface area contributed by atoms with Crippen molar-refractivity contribution in [2.75, 3.05) is 13.2 Å². The highest BCUT2D eigenvalue weighted by atomic mass is 79.9. The van der Waals surface area contributed by atoms with Crippen molar-refractivity contribution in [1.82, 2.24) is 10.9 Å². The molecule has 162 valence electrons. The van der Waals surface area contributed by atoms with Gasteiger partial charge < -0.3 is 9.47 Å². The first-order valence-electron chi connectivity index (χ1n) is 10.0. The normalized spacial score (nSPS) is 10.8. The van der Waals surface area contributed by atoms with Crippen LogP contribution in [0.1, 0.15) is 56.0 Å². The van der Waals surface area contributed by atoms with Crippen LogP contribution in [0.2, 0.25) is 0 Å². The molecule has 2 aromatic carbocycles. The van der Waals surface area contributed by atoms with Gasteiger partial charge in [0, 0.05) is 4.47 Å². The molecule has 0 spiro atoms. The van der Waals surface area contributed by atoms with Crippen LogP contribution in [-0.4, -0.2) is 25.0 Å². The predicted octanol–water partition coefficient (Wildman–Crippen LogP) is 4.84. The Hall–Kier alpha value is -2.54. The lowest BCUT2D eigenvalue weighted by Gasteiger charge is -2.15. The molecule has 0 aliphatic carbocycles. The van der Waals surface area contributed by atoms with Crippen molar-refractivity contribution in [2.24, 2.45) is 5.92 Å². The molecule has 2 amide bonds. The number of carbonyl (C=O) groups is 2. The van der Waals surface area contributed by atoms with E-state index in [0.29, 0.717) is 29.6 Å². The van der Waals surface area contributed by atoms with Crippen LogP contribution in [-0.2, 0) is 4.79 Å². The zero-order chi connectivity index (χ0) is 22.1. The summed E-state index contributed by atoms with van der Waals surface area (Å²) in [5, 5.41) is 0. The molecule has 0 aromatic heterocycles. The Morgan fingerprint density at radius 1 is 0.967 bits per heavy atom. The molecule has 0 radical (unpaired) electrons. The third-order valence-electron chi connectivity index (χ3n) is 4.35. The zero-order valence-corrected chi connectivity index (χ0v) is 19.4. The lowest BCUT2D eigenvalue weighted by Crippen LogP contribution is -2.44. The smallest absolute Gasteiger partial charge is 0.276 e. The Morgan fingerprint density at radius 2 is 1.70 bits per heavy atom. The number of rotatable bonds is 9. The van der Waals surface area contributed by atoms with Gasteiger partial charge in [-0.2, -0.15) is 0 Å². The summed E-state index contributed by atoms with van der Waals surface area (Å²) in [7, 11) is 0. The lowest BCUT2D eigenvalue weighted by atomic mass is 10.0. The van der Waals surface area contributed by atoms with E-state index in [1.807, 2.05) is 24.3 Å². The molecule has 0 atom stereocenters. The Morgan fingerprint density at radius 3 is 2.40 bits per heavy atom. The standard InChI is InChI=1S/C23H29BrN2O4/c1-15(2)11-12-29-21-10-9-17(24)13-19(21)23(28)26-25-22(27)14-30-20-8-6-5-7-18(20)16(3)4/h5-10,13,15-16H,11-12,14H2,1-4H3,(H,25,27)(H,26,28). The molecular formula is C23H29BrN2O4. The van der Waals surface area contributed by atoms with Gasteiger partial charge in [-0.15, -0.1) is 0 Å². The molecule has 0 aliphatic heterocycles. The maximum Gasteiger partial charge on any atom is 0.276 e. The van der Waals surface area contributed by atoms with Crippen molar-refractivity contribution in [1.29, 1.82) is 0 Å². The molecule has 0 fully saturated rings. The molecule has 2 rings (SSSR count). The van der Waals surface area contributed by atoms with E-state index in [-0.39, 0.29) is 12.5 Å². The summed E-state index contributed by atoms with van der Waals surface area (Å²) < 4.78 is 12.1. The van der Waals surface area contributed by atoms with Crippen molar-refractivity contribution < 1.29 is 19.1 Å². The average molecular weight is 477 g/mol. The number of hydrogen-bond donors (Lipinski definition) is 2. The molecule has 0 saturated carbocycles. The summed E-state index contributed by atoms with van der Waals surface area (Å²) in [6.07, 6.45) is 0.878. The van der Waals surface area contributed by atoms with Crippen LogP contribution in [0.15, 0.2) is 46.9 Å². The van der Waals surface area contributed by atoms with Gasteiger partial charge in [-0.1, -0.05) is 61.8 Å².